The third-order valence-electron chi connectivity index (χ3n) is 3.18. The molecular weight excluding hydrogens is 266 g/mol. The Bertz CT molecular complexity index is 566. The monoisotopic (exact) mass is 283 g/mol. The van der Waals surface area contributed by atoms with E-state index >= 15 is 0 Å². The van der Waals surface area contributed by atoms with Crippen LogP contribution in [-0.4, -0.2) is 37.0 Å². The quantitative estimate of drug-likeness (QED) is 0.313. The van der Waals surface area contributed by atoms with E-state index < -0.39 is 9.84 Å². The number of nitrogens with two attached hydrogens (primary N) is 1. The van der Waals surface area contributed by atoms with Crippen LogP contribution in [0.4, 0.5) is 0 Å². The van der Waals surface area contributed by atoms with E-state index in [4.69, 9.17) is 10.9 Å². The molecule has 1 aliphatic rings. The lowest BCUT2D eigenvalue weighted by Crippen LogP contribution is -2.29. The van der Waals surface area contributed by atoms with Crippen LogP contribution >= 0.6 is 0 Å². The number of nitrogens with one attached hydrogen (secondary N) is 1. The topological polar surface area (TPSA) is 105 Å². The Balaban J connectivity index is 1.90. The first-order valence-electron chi connectivity index (χ1n) is 6.01. The molecule has 19 heavy (non-hydrogen) atoms. The number of nitrogens with zero attached hydrogens (tertiary/aromatic N) is 1. The molecular formula is C12H17N3O3S. The Morgan fingerprint density at radius 1 is 1.42 bits per heavy atom. The summed E-state index contributed by atoms with van der Waals surface area (Å²) < 4.78 is 22.6. The predicted octanol–water partition coefficient (Wildman–Crippen LogP) is 0.0578. The predicted molar refractivity (Wildman–Crippen MR) is 72.9 cm³/mol. The van der Waals surface area contributed by atoms with E-state index in [1.807, 2.05) is 12.1 Å². The summed E-state index contributed by atoms with van der Waals surface area (Å²) in [6.07, 6.45) is 0.671. The van der Waals surface area contributed by atoms with Crippen molar-refractivity contribution in [1.29, 1.82) is 0 Å². The van der Waals surface area contributed by atoms with Crippen molar-refractivity contribution in [1.82, 2.24) is 5.32 Å². The molecule has 1 aliphatic heterocycles. The molecule has 1 saturated heterocycles. The van der Waals surface area contributed by atoms with E-state index in [1.54, 1.807) is 12.1 Å². The molecule has 1 heterocycles. The van der Waals surface area contributed by atoms with Crippen molar-refractivity contribution in [3.05, 3.63) is 35.4 Å². The fraction of sp³-hybridized carbons (Fsp3) is 0.417. The minimum absolute atomic E-state index is 0.0359. The molecule has 4 N–H and O–H groups in total. The summed E-state index contributed by atoms with van der Waals surface area (Å²) in [5.41, 5.74) is 7.14. The molecule has 0 amide bonds. The molecule has 1 fully saturated rings. The molecule has 104 valence electrons. The largest absolute Gasteiger partial charge is 0.409 e. The van der Waals surface area contributed by atoms with Gasteiger partial charge in [-0.25, -0.2) is 8.42 Å². The van der Waals surface area contributed by atoms with E-state index in [1.165, 1.54) is 0 Å². The fourth-order valence-corrected chi connectivity index (χ4v) is 3.78. The van der Waals surface area contributed by atoms with Gasteiger partial charge in [0.25, 0.3) is 0 Å². The van der Waals surface area contributed by atoms with Gasteiger partial charge < -0.3 is 16.3 Å². The number of benzene rings is 1. The smallest absolute Gasteiger partial charge is 0.170 e. The van der Waals surface area contributed by atoms with Gasteiger partial charge in [0.05, 0.1) is 11.5 Å². The number of hydrogen-bond donors (Lipinski definition) is 3. The van der Waals surface area contributed by atoms with Gasteiger partial charge in [-0.3, -0.25) is 0 Å². The Morgan fingerprint density at radius 2 is 2.11 bits per heavy atom. The Kier molecular flexibility index (Phi) is 4.06. The third kappa shape index (κ3) is 3.68. The molecule has 0 spiro atoms. The molecule has 1 atom stereocenters. The minimum atomic E-state index is -2.84. The van der Waals surface area contributed by atoms with Gasteiger partial charge in [0.1, 0.15) is 0 Å². The van der Waals surface area contributed by atoms with Crippen molar-refractivity contribution in [2.75, 3.05) is 11.5 Å². The number of rotatable bonds is 4. The van der Waals surface area contributed by atoms with Gasteiger partial charge in [0.2, 0.25) is 0 Å². The highest BCUT2D eigenvalue weighted by molar-refractivity contribution is 7.91. The van der Waals surface area contributed by atoms with Crippen molar-refractivity contribution in [3.63, 3.8) is 0 Å². The average molecular weight is 283 g/mol. The Hall–Kier alpha value is -1.60. The summed E-state index contributed by atoms with van der Waals surface area (Å²) in [5.74, 6) is 0.559. The summed E-state index contributed by atoms with van der Waals surface area (Å²) in [6, 6.07) is 7.29. The van der Waals surface area contributed by atoms with Gasteiger partial charge in [-0.2, -0.15) is 0 Å². The summed E-state index contributed by atoms with van der Waals surface area (Å²) >= 11 is 0. The van der Waals surface area contributed by atoms with E-state index in [-0.39, 0.29) is 23.4 Å². The number of sulfone groups is 1. The second-order valence-corrected chi connectivity index (χ2v) is 6.89. The van der Waals surface area contributed by atoms with Crippen LogP contribution in [0.5, 0.6) is 0 Å². The maximum atomic E-state index is 11.3. The lowest BCUT2D eigenvalue weighted by atomic mass is 10.1. The van der Waals surface area contributed by atoms with Crippen LogP contribution in [0, 0.1) is 0 Å². The van der Waals surface area contributed by atoms with Gasteiger partial charge in [0, 0.05) is 18.2 Å². The van der Waals surface area contributed by atoms with Gasteiger partial charge in [-0.05, 0) is 12.0 Å². The van der Waals surface area contributed by atoms with Crippen LogP contribution in [-0.2, 0) is 16.4 Å². The second-order valence-electron chi connectivity index (χ2n) is 4.66. The molecule has 2 rings (SSSR count). The van der Waals surface area contributed by atoms with Crippen molar-refractivity contribution in [2.24, 2.45) is 10.9 Å². The minimum Gasteiger partial charge on any atom is -0.409 e. The SMILES string of the molecule is NC(=NO)c1ccc(CNC2CCS(=O)(=O)C2)cc1. The summed E-state index contributed by atoms with van der Waals surface area (Å²) in [5, 5.41) is 14.7. The molecule has 0 bridgehead atoms. The summed E-state index contributed by atoms with van der Waals surface area (Å²) in [4.78, 5) is 0. The van der Waals surface area contributed by atoms with Gasteiger partial charge in [-0.15, -0.1) is 0 Å². The number of oxime groups is 1. The summed E-state index contributed by atoms with van der Waals surface area (Å²) in [6.45, 7) is 0.608. The molecule has 1 unspecified atom stereocenters. The van der Waals surface area contributed by atoms with Crippen LogP contribution in [0.25, 0.3) is 0 Å². The molecule has 6 nitrogen and oxygen atoms in total. The van der Waals surface area contributed by atoms with Crippen molar-refractivity contribution < 1.29 is 13.6 Å². The zero-order chi connectivity index (χ0) is 13.9. The first-order valence-corrected chi connectivity index (χ1v) is 7.83. The van der Waals surface area contributed by atoms with Crippen LogP contribution in [0.15, 0.2) is 29.4 Å². The van der Waals surface area contributed by atoms with Crippen molar-refractivity contribution >= 4 is 15.7 Å². The van der Waals surface area contributed by atoms with E-state index in [0.717, 1.165) is 5.56 Å². The van der Waals surface area contributed by atoms with E-state index in [0.29, 0.717) is 18.5 Å². The highest BCUT2D eigenvalue weighted by Crippen LogP contribution is 2.12. The molecule has 0 radical (unpaired) electrons. The number of hydrogen-bond acceptors (Lipinski definition) is 5. The van der Waals surface area contributed by atoms with Crippen LogP contribution in [0.2, 0.25) is 0 Å². The maximum Gasteiger partial charge on any atom is 0.170 e. The second kappa shape index (κ2) is 5.58. The lowest BCUT2D eigenvalue weighted by molar-refractivity contribution is 0.318. The van der Waals surface area contributed by atoms with Crippen LogP contribution in [0.3, 0.4) is 0 Å². The zero-order valence-corrected chi connectivity index (χ0v) is 11.2. The van der Waals surface area contributed by atoms with Gasteiger partial charge in [-0.1, -0.05) is 29.4 Å². The molecule has 7 heteroatoms. The van der Waals surface area contributed by atoms with Crippen molar-refractivity contribution in [2.45, 2.75) is 19.0 Å². The highest BCUT2D eigenvalue weighted by atomic mass is 32.2. The van der Waals surface area contributed by atoms with Gasteiger partial charge in [0.15, 0.2) is 15.7 Å². The third-order valence-corrected chi connectivity index (χ3v) is 4.95. The molecule has 0 saturated carbocycles. The normalized spacial score (nSPS) is 22.5. The Morgan fingerprint density at radius 3 is 2.63 bits per heavy atom. The van der Waals surface area contributed by atoms with Gasteiger partial charge >= 0.3 is 0 Å². The zero-order valence-electron chi connectivity index (χ0n) is 10.4. The standard InChI is InChI=1S/C12H17N3O3S/c13-12(15-16)10-3-1-9(2-4-10)7-14-11-5-6-19(17,18)8-11/h1-4,11,14,16H,5-8H2,(H2,13,15). The van der Waals surface area contributed by atoms with Crippen LogP contribution in [0.1, 0.15) is 17.5 Å². The molecule has 1 aromatic rings. The first kappa shape index (κ1) is 13.8. The summed E-state index contributed by atoms with van der Waals surface area (Å²) in [7, 11) is -2.84. The molecule has 0 aromatic heterocycles. The maximum absolute atomic E-state index is 11.3. The van der Waals surface area contributed by atoms with Crippen LogP contribution < -0.4 is 11.1 Å². The molecule has 0 aliphatic carbocycles. The van der Waals surface area contributed by atoms with Crippen molar-refractivity contribution in [3.8, 4) is 0 Å². The number of amidine groups is 1. The Labute approximate surface area is 112 Å². The van der Waals surface area contributed by atoms with E-state index in [9.17, 15) is 8.42 Å². The highest BCUT2D eigenvalue weighted by Gasteiger charge is 2.27. The average Bonchev–Trinajstić information content (AvgIpc) is 2.76. The first-order chi connectivity index (χ1) is 9.00. The lowest BCUT2D eigenvalue weighted by Gasteiger charge is -2.10. The van der Waals surface area contributed by atoms with E-state index in [2.05, 4.69) is 10.5 Å². The fourth-order valence-electron chi connectivity index (χ4n) is 2.07. The molecule has 1 aromatic carbocycles.